The number of nitrogens with zero attached hydrogens (tertiary/aromatic N) is 3. The highest BCUT2D eigenvalue weighted by Crippen LogP contribution is 2.32. The van der Waals surface area contributed by atoms with E-state index in [1.165, 1.54) is 17.8 Å². The van der Waals surface area contributed by atoms with Gasteiger partial charge in [0.25, 0.3) is 0 Å². The molecule has 1 aromatic rings. The van der Waals surface area contributed by atoms with Crippen molar-refractivity contribution in [3.05, 3.63) is 18.0 Å². The van der Waals surface area contributed by atoms with E-state index in [-0.39, 0.29) is 31.7 Å². The average molecular weight is 332 g/mol. The summed E-state index contributed by atoms with van der Waals surface area (Å²) in [6.45, 7) is 1.16. The van der Waals surface area contributed by atoms with Crippen LogP contribution >= 0.6 is 0 Å². The maximum absolute atomic E-state index is 13.2. The molecule has 0 aromatic carbocycles. The Morgan fingerprint density at radius 3 is 2.61 bits per heavy atom. The molecule has 0 spiro atoms. The molecule has 2 atom stereocenters. The summed E-state index contributed by atoms with van der Waals surface area (Å²) in [5.41, 5.74) is 0.539. The van der Waals surface area contributed by atoms with Gasteiger partial charge in [-0.15, -0.1) is 0 Å². The molecule has 0 radical (unpaired) electrons. The number of amides is 2. The highest BCUT2D eigenvalue weighted by atomic mass is 19.4. The quantitative estimate of drug-likeness (QED) is 0.899. The van der Waals surface area contributed by atoms with E-state index in [1.54, 1.807) is 13.1 Å². The first-order valence-electron chi connectivity index (χ1n) is 7.28. The third kappa shape index (κ3) is 4.23. The second-order valence-electron chi connectivity index (χ2n) is 5.70. The van der Waals surface area contributed by atoms with E-state index in [9.17, 15) is 22.8 Å². The molecule has 23 heavy (non-hydrogen) atoms. The first kappa shape index (κ1) is 17.3. The number of hydrogen-bond acceptors (Lipinski definition) is 3. The molecule has 1 saturated heterocycles. The molecular formula is C14H19F3N4O2. The lowest BCUT2D eigenvalue weighted by Gasteiger charge is -2.40. The third-order valence-corrected chi connectivity index (χ3v) is 3.94. The number of hydrogen-bond donors (Lipinski definition) is 1. The number of nitrogens with one attached hydrogen (secondary N) is 1. The zero-order valence-corrected chi connectivity index (χ0v) is 12.9. The molecule has 128 valence electrons. The summed E-state index contributed by atoms with van der Waals surface area (Å²) in [6.07, 6.45) is -3.18. The molecule has 0 aliphatic carbocycles. The maximum Gasteiger partial charge on any atom is 0.408 e. The highest BCUT2D eigenvalue weighted by Gasteiger charge is 2.48. The van der Waals surface area contributed by atoms with E-state index in [0.29, 0.717) is 5.69 Å². The van der Waals surface area contributed by atoms with Gasteiger partial charge in [-0.05, 0) is 18.9 Å². The van der Waals surface area contributed by atoms with Gasteiger partial charge < -0.3 is 10.2 Å². The van der Waals surface area contributed by atoms with Gasteiger partial charge in [-0.25, -0.2) is 0 Å². The van der Waals surface area contributed by atoms with Crippen LogP contribution in [0, 0.1) is 0 Å². The van der Waals surface area contributed by atoms with Gasteiger partial charge in [-0.3, -0.25) is 14.3 Å². The molecule has 2 unspecified atom stereocenters. The molecule has 9 heteroatoms. The highest BCUT2D eigenvalue weighted by molar-refractivity contribution is 5.79. The predicted octanol–water partition coefficient (Wildman–Crippen LogP) is 1.02. The van der Waals surface area contributed by atoms with Crippen LogP contribution in [0.2, 0.25) is 0 Å². The summed E-state index contributed by atoms with van der Waals surface area (Å²) in [6, 6.07) is -0.676. The number of alkyl halides is 3. The van der Waals surface area contributed by atoms with Crippen molar-refractivity contribution in [3.63, 3.8) is 0 Å². The number of halogens is 3. The number of rotatable bonds is 3. The Bertz CT molecular complexity index is 585. The Morgan fingerprint density at radius 2 is 2.09 bits per heavy atom. The molecule has 1 N–H and O–H groups in total. The Hall–Kier alpha value is -2.06. The van der Waals surface area contributed by atoms with Crippen molar-refractivity contribution in [1.82, 2.24) is 20.0 Å². The van der Waals surface area contributed by atoms with Gasteiger partial charge >= 0.3 is 6.18 Å². The van der Waals surface area contributed by atoms with E-state index >= 15 is 0 Å². The summed E-state index contributed by atoms with van der Waals surface area (Å²) in [5, 5.41) is 6.49. The molecule has 1 aliphatic rings. The molecular weight excluding hydrogens is 313 g/mol. The van der Waals surface area contributed by atoms with Crippen LogP contribution in [0.4, 0.5) is 13.2 Å². The second-order valence-corrected chi connectivity index (χ2v) is 5.70. The van der Waals surface area contributed by atoms with Crippen LogP contribution in [0.5, 0.6) is 0 Å². The number of aryl methyl sites for hydroxylation is 1. The maximum atomic E-state index is 13.2. The van der Waals surface area contributed by atoms with Crippen LogP contribution in [-0.4, -0.2) is 51.3 Å². The van der Waals surface area contributed by atoms with Crippen molar-refractivity contribution < 1.29 is 22.8 Å². The van der Waals surface area contributed by atoms with Crippen LogP contribution in [0.15, 0.2) is 12.3 Å². The third-order valence-electron chi connectivity index (χ3n) is 3.94. The van der Waals surface area contributed by atoms with Gasteiger partial charge in [0.05, 0.1) is 6.42 Å². The summed E-state index contributed by atoms with van der Waals surface area (Å²) >= 11 is 0. The summed E-state index contributed by atoms with van der Waals surface area (Å²) in [5.74, 6) is -0.939. The topological polar surface area (TPSA) is 67.2 Å². The fraction of sp³-hybridized carbons (Fsp3) is 0.643. The molecule has 1 aromatic heterocycles. The Kier molecular flexibility index (Phi) is 4.96. The fourth-order valence-electron chi connectivity index (χ4n) is 2.82. The van der Waals surface area contributed by atoms with Crippen LogP contribution in [-0.2, 0) is 23.1 Å². The average Bonchev–Trinajstić information content (AvgIpc) is 2.82. The fourth-order valence-corrected chi connectivity index (χ4v) is 2.82. The van der Waals surface area contributed by atoms with Crippen LogP contribution in [0.3, 0.4) is 0 Å². The lowest BCUT2D eigenvalue weighted by atomic mass is 9.97. The summed E-state index contributed by atoms with van der Waals surface area (Å²) < 4.78 is 41.1. The molecule has 2 rings (SSSR count). The molecule has 1 aliphatic heterocycles. The Morgan fingerprint density at radius 1 is 1.39 bits per heavy atom. The van der Waals surface area contributed by atoms with Crippen LogP contribution in [0.1, 0.15) is 25.5 Å². The molecule has 2 amide bonds. The van der Waals surface area contributed by atoms with E-state index in [0.717, 1.165) is 4.90 Å². The largest absolute Gasteiger partial charge is 0.408 e. The van der Waals surface area contributed by atoms with Crippen molar-refractivity contribution in [1.29, 1.82) is 0 Å². The van der Waals surface area contributed by atoms with E-state index in [4.69, 9.17) is 0 Å². The van der Waals surface area contributed by atoms with Crippen molar-refractivity contribution in [2.24, 2.45) is 7.05 Å². The lowest BCUT2D eigenvalue weighted by Crippen LogP contribution is -2.58. The first-order chi connectivity index (χ1) is 10.7. The van der Waals surface area contributed by atoms with Crippen molar-refractivity contribution in [2.45, 2.75) is 44.4 Å². The predicted molar refractivity (Wildman–Crippen MR) is 75.3 cm³/mol. The monoisotopic (exact) mass is 332 g/mol. The molecule has 0 saturated carbocycles. The first-order valence-corrected chi connectivity index (χ1v) is 7.28. The number of carbonyl (C=O) groups excluding carboxylic acids is 2. The number of aromatic nitrogens is 2. The molecule has 1 fully saturated rings. The van der Waals surface area contributed by atoms with Crippen molar-refractivity contribution >= 4 is 11.8 Å². The smallest absolute Gasteiger partial charge is 0.352 e. The number of piperidine rings is 1. The van der Waals surface area contributed by atoms with Gasteiger partial charge in [0.2, 0.25) is 11.8 Å². The van der Waals surface area contributed by atoms with Crippen molar-refractivity contribution in [3.8, 4) is 0 Å². The number of likely N-dealkylation sites (tertiary alicyclic amines) is 1. The minimum Gasteiger partial charge on any atom is -0.352 e. The van der Waals surface area contributed by atoms with E-state index in [1.807, 2.05) is 0 Å². The van der Waals surface area contributed by atoms with Crippen molar-refractivity contribution in [2.75, 3.05) is 6.54 Å². The molecule has 0 bridgehead atoms. The SMILES string of the molecule is CC(=O)NC1CCC(C(F)(F)F)N(C(=O)Cc2ccnn2C)C1. The number of carbonyl (C=O) groups is 2. The summed E-state index contributed by atoms with van der Waals surface area (Å²) in [4.78, 5) is 24.3. The van der Waals surface area contributed by atoms with Gasteiger partial charge in [-0.1, -0.05) is 0 Å². The normalized spacial score (nSPS) is 22.0. The van der Waals surface area contributed by atoms with Gasteiger partial charge in [0.1, 0.15) is 6.04 Å². The zero-order chi connectivity index (χ0) is 17.2. The van der Waals surface area contributed by atoms with Gasteiger partial charge in [0, 0.05) is 38.4 Å². The minimum absolute atomic E-state index is 0.138. The zero-order valence-electron chi connectivity index (χ0n) is 12.9. The van der Waals surface area contributed by atoms with E-state index in [2.05, 4.69) is 10.4 Å². The standard InChI is InChI=1S/C14H19F3N4O2/c1-9(22)19-10-3-4-12(14(15,16)17)21(8-10)13(23)7-11-5-6-18-20(11)2/h5-6,10,12H,3-4,7-8H2,1-2H3,(H,19,22). The Balaban J connectivity index is 2.15. The lowest BCUT2D eigenvalue weighted by molar-refractivity contribution is -0.197. The Labute approximate surface area is 131 Å². The molecule has 6 nitrogen and oxygen atoms in total. The van der Waals surface area contributed by atoms with Crippen LogP contribution < -0.4 is 5.32 Å². The molecule has 2 heterocycles. The minimum atomic E-state index is -4.48. The second kappa shape index (κ2) is 6.59. The van der Waals surface area contributed by atoms with Gasteiger partial charge in [-0.2, -0.15) is 18.3 Å². The summed E-state index contributed by atoms with van der Waals surface area (Å²) in [7, 11) is 1.63. The van der Waals surface area contributed by atoms with Gasteiger partial charge in [0.15, 0.2) is 0 Å². The van der Waals surface area contributed by atoms with Crippen LogP contribution in [0.25, 0.3) is 0 Å². The van der Waals surface area contributed by atoms with E-state index < -0.39 is 24.2 Å².